The highest BCUT2D eigenvalue weighted by atomic mass is 32.2. The van der Waals surface area contributed by atoms with E-state index in [1.807, 2.05) is 18.5 Å². The van der Waals surface area contributed by atoms with Gasteiger partial charge in [-0.25, -0.2) is 4.98 Å². The number of para-hydroxylation sites is 1. The summed E-state index contributed by atoms with van der Waals surface area (Å²) in [4.78, 5) is 25.4. The van der Waals surface area contributed by atoms with Crippen molar-refractivity contribution in [2.24, 2.45) is 4.99 Å². The minimum Gasteiger partial charge on any atom is -0.507 e. The number of phenolic OH excluding ortho intramolecular Hbond substituents is 1. The van der Waals surface area contributed by atoms with Crippen molar-refractivity contribution in [3.8, 4) is 16.3 Å². The maximum atomic E-state index is 12.4. The summed E-state index contributed by atoms with van der Waals surface area (Å²) < 4.78 is 0. The van der Waals surface area contributed by atoms with Gasteiger partial charge in [-0.05, 0) is 37.0 Å². The van der Waals surface area contributed by atoms with E-state index in [0.29, 0.717) is 39.2 Å². The third kappa shape index (κ3) is 4.09. The molecule has 9 heteroatoms. The predicted octanol–water partition coefficient (Wildman–Crippen LogP) is 2.83. The minimum atomic E-state index is -0.993. The van der Waals surface area contributed by atoms with Crippen LogP contribution in [0.2, 0.25) is 0 Å². The van der Waals surface area contributed by atoms with Gasteiger partial charge in [-0.1, -0.05) is 12.1 Å². The number of amides is 1. The number of aliphatic hydroxyl groups is 1. The summed E-state index contributed by atoms with van der Waals surface area (Å²) in [6.07, 6.45) is 2.90. The van der Waals surface area contributed by atoms with Crippen LogP contribution in [-0.4, -0.2) is 69.0 Å². The molecule has 0 atom stereocenters. The van der Waals surface area contributed by atoms with Crippen molar-refractivity contribution < 1.29 is 15.0 Å². The Morgan fingerprint density at radius 1 is 1.28 bits per heavy atom. The summed E-state index contributed by atoms with van der Waals surface area (Å²) in [5.41, 5.74) is 0.308. The Morgan fingerprint density at radius 3 is 2.72 bits per heavy atom. The van der Waals surface area contributed by atoms with Crippen molar-refractivity contribution >= 4 is 40.2 Å². The summed E-state index contributed by atoms with van der Waals surface area (Å²) in [5.74, 6) is -0.156. The topological polar surface area (TPSA) is 89.3 Å². The first-order chi connectivity index (χ1) is 13.9. The predicted molar refractivity (Wildman–Crippen MR) is 117 cm³/mol. The number of carbonyl (C=O) groups excluding carboxylic acids is 1. The van der Waals surface area contributed by atoms with Gasteiger partial charge in [-0.15, -0.1) is 11.3 Å². The molecule has 1 fully saturated rings. The van der Waals surface area contributed by atoms with Crippen LogP contribution in [0, 0.1) is 0 Å². The van der Waals surface area contributed by atoms with Crippen LogP contribution in [-0.2, 0) is 4.79 Å². The van der Waals surface area contributed by atoms with Crippen molar-refractivity contribution in [2.75, 3.05) is 27.2 Å². The van der Waals surface area contributed by atoms with Crippen LogP contribution in [0.25, 0.3) is 16.6 Å². The number of aromatic nitrogens is 1. The average molecular weight is 431 g/mol. The summed E-state index contributed by atoms with van der Waals surface area (Å²) in [6, 6.07) is 7.03. The lowest BCUT2D eigenvalue weighted by molar-refractivity contribution is -0.113. The normalized spacial score (nSPS) is 20.9. The summed E-state index contributed by atoms with van der Waals surface area (Å²) in [6.45, 7) is 1.59. The SMILES string of the molecule is CN1CCC(O)(N(C)C2=NC(=O)/C(=C\c3csc(-c4ccccc4O)n3)S2)CC1. The third-order valence-electron chi connectivity index (χ3n) is 5.24. The summed E-state index contributed by atoms with van der Waals surface area (Å²) in [5, 5.41) is 24.0. The third-order valence-corrected chi connectivity index (χ3v) is 7.20. The molecule has 2 N–H and O–H groups in total. The van der Waals surface area contributed by atoms with E-state index in [1.165, 1.54) is 23.1 Å². The Bertz CT molecular complexity index is 993. The number of rotatable bonds is 3. The molecule has 1 aromatic carbocycles. The Hall–Kier alpha value is -2.20. The van der Waals surface area contributed by atoms with Gasteiger partial charge in [0.15, 0.2) is 5.17 Å². The quantitative estimate of drug-likeness (QED) is 0.572. The molecule has 7 nitrogen and oxygen atoms in total. The molecule has 0 bridgehead atoms. The Balaban J connectivity index is 1.50. The first-order valence-electron chi connectivity index (χ1n) is 9.27. The first kappa shape index (κ1) is 20.1. The molecule has 2 aliphatic rings. The largest absolute Gasteiger partial charge is 0.507 e. The number of likely N-dealkylation sites (tertiary alicyclic amines) is 1. The van der Waals surface area contributed by atoms with Crippen LogP contribution in [0.4, 0.5) is 0 Å². The zero-order valence-electron chi connectivity index (χ0n) is 16.2. The number of carbonyl (C=O) groups is 1. The van der Waals surface area contributed by atoms with E-state index in [4.69, 9.17) is 0 Å². The molecule has 4 rings (SSSR count). The summed E-state index contributed by atoms with van der Waals surface area (Å²) >= 11 is 2.65. The minimum absolute atomic E-state index is 0.172. The molecule has 29 heavy (non-hydrogen) atoms. The smallest absolute Gasteiger partial charge is 0.286 e. The lowest BCUT2D eigenvalue weighted by Gasteiger charge is -2.43. The molecule has 2 aromatic rings. The van der Waals surface area contributed by atoms with Crippen LogP contribution in [0.3, 0.4) is 0 Å². The second-order valence-electron chi connectivity index (χ2n) is 7.25. The van der Waals surface area contributed by atoms with Gasteiger partial charge in [-0.3, -0.25) is 4.79 Å². The highest BCUT2D eigenvalue weighted by molar-refractivity contribution is 8.18. The average Bonchev–Trinajstić information content (AvgIpc) is 3.31. The molecule has 0 aliphatic carbocycles. The maximum absolute atomic E-state index is 12.4. The van der Waals surface area contributed by atoms with Crippen molar-refractivity contribution in [3.05, 3.63) is 40.2 Å². The van der Waals surface area contributed by atoms with Gasteiger partial charge in [0, 0.05) is 38.4 Å². The lowest BCUT2D eigenvalue weighted by Crippen LogP contribution is -2.54. The van der Waals surface area contributed by atoms with Crippen LogP contribution in [0.5, 0.6) is 5.75 Å². The molecule has 0 unspecified atom stereocenters. The molecular formula is C20H22N4O3S2. The molecule has 2 aliphatic heterocycles. The Labute approximate surface area is 177 Å². The van der Waals surface area contributed by atoms with E-state index in [-0.39, 0.29) is 11.7 Å². The second-order valence-corrected chi connectivity index (χ2v) is 9.12. The first-order valence-corrected chi connectivity index (χ1v) is 11.0. The van der Waals surface area contributed by atoms with E-state index in [0.717, 1.165) is 13.1 Å². The molecular weight excluding hydrogens is 408 g/mol. The van der Waals surface area contributed by atoms with Gasteiger partial charge >= 0.3 is 0 Å². The molecule has 1 aromatic heterocycles. The van der Waals surface area contributed by atoms with Gasteiger partial charge in [0.05, 0.1) is 16.2 Å². The van der Waals surface area contributed by atoms with E-state index >= 15 is 0 Å². The highest BCUT2D eigenvalue weighted by Crippen LogP contribution is 2.36. The molecule has 152 valence electrons. The monoisotopic (exact) mass is 430 g/mol. The number of thioether (sulfide) groups is 1. The van der Waals surface area contributed by atoms with Crippen LogP contribution >= 0.6 is 23.1 Å². The number of thiazole rings is 1. The van der Waals surface area contributed by atoms with Gasteiger partial charge in [0.1, 0.15) is 16.5 Å². The molecule has 0 spiro atoms. The highest BCUT2D eigenvalue weighted by Gasteiger charge is 2.39. The fourth-order valence-corrected chi connectivity index (χ4v) is 5.05. The number of hydrogen-bond acceptors (Lipinski definition) is 8. The van der Waals surface area contributed by atoms with Gasteiger partial charge in [0.25, 0.3) is 5.91 Å². The Morgan fingerprint density at radius 2 is 2.00 bits per heavy atom. The number of piperidine rings is 1. The van der Waals surface area contributed by atoms with Crippen molar-refractivity contribution in [1.82, 2.24) is 14.8 Å². The van der Waals surface area contributed by atoms with E-state index in [9.17, 15) is 15.0 Å². The number of hydrogen-bond donors (Lipinski definition) is 2. The molecule has 0 radical (unpaired) electrons. The van der Waals surface area contributed by atoms with E-state index in [2.05, 4.69) is 14.9 Å². The van der Waals surface area contributed by atoms with Crippen LogP contribution in [0.1, 0.15) is 18.5 Å². The molecule has 1 saturated heterocycles. The number of aromatic hydroxyl groups is 1. The molecule has 0 saturated carbocycles. The zero-order valence-corrected chi connectivity index (χ0v) is 17.8. The van der Waals surface area contributed by atoms with Gasteiger partial charge in [-0.2, -0.15) is 4.99 Å². The fraction of sp³-hybridized carbons (Fsp3) is 0.350. The van der Waals surface area contributed by atoms with Gasteiger partial charge < -0.3 is 20.0 Å². The van der Waals surface area contributed by atoms with Crippen LogP contribution < -0.4 is 0 Å². The second kappa shape index (κ2) is 7.91. The van der Waals surface area contributed by atoms with Crippen LogP contribution in [0.15, 0.2) is 39.5 Å². The molecule has 1 amide bonds. The Kier molecular flexibility index (Phi) is 5.48. The zero-order chi connectivity index (χ0) is 20.6. The van der Waals surface area contributed by atoms with Crippen molar-refractivity contribution in [2.45, 2.75) is 18.6 Å². The van der Waals surface area contributed by atoms with E-state index in [1.54, 1.807) is 36.2 Å². The number of phenols is 1. The maximum Gasteiger partial charge on any atom is 0.286 e. The molecule has 3 heterocycles. The van der Waals surface area contributed by atoms with Gasteiger partial charge in [0.2, 0.25) is 0 Å². The summed E-state index contributed by atoms with van der Waals surface area (Å²) in [7, 11) is 3.82. The number of aliphatic imine (C=N–C) groups is 1. The number of benzene rings is 1. The van der Waals surface area contributed by atoms with Crippen molar-refractivity contribution in [3.63, 3.8) is 0 Å². The fourth-order valence-electron chi connectivity index (χ4n) is 3.30. The number of amidine groups is 1. The van der Waals surface area contributed by atoms with Crippen molar-refractivity contribution in [1.29, 1.82) is 0 Å². The van der Waals surface area contributed by atoms with E-state index < -0.39 is 5.72 Å². The standard InChI is InChI=1S/C20H22N4O3S2/c1-23-9-7-20(27,8-10-23)24(2)19-22-17(26)16(29-19)11-13-12-28-18(21-13)14-5-3-4-6-15(14)25/h3-6,11-12,25,27H,7-10H2,1-2H3/b16-11+. The number of nitrogens with zero attached hydrogens (tertiary/aromatic N) is 4. The lowest BCUT2D eigenvalue weighted by atomic mass is 10.00.